The normalized spacial score (nSPS) is 17.6. The lowest BCUT2D eigenvalue weighted by atomic mass is 9.90. The van der Waals surface area contributed by atoms with Crippen molar-refractivity contribution in [3.05, 3.63) is 59.7 Å². The van der Waals surface area contributed by atoms with E-state index < -0.39 is 48.3 Å². The van der Waals surface area contributed by atoms with Crippen molar-refractivity contribution in [2.45, 2.75) is 45.3 Å². The highest BCUT2D eigenvalue weighted by Crippen LogP contribution is 2.47. The minimum atomic E-state index is -1.96. The van der Waals surface area contributed by atoms with Crippen LogP contribution in [0.2, 0.25) is 0 Å². The lowest BCUT2D eigenvalue weighted by Gasteiger charge is -2.25. The van der Waals surface area contributed by atoms with Crippen molar-refractivity contribution in [3.8, 4) is 11.1 Å². The van der Waals surface area contributed by atoms with Gasteiger partial charge in [0.1, 0.15) is 6.61 Å². The molecule has 5 N–H and O–H groups in total. The number of rotatable bonds is 8. The number of nitrogens with one attached hydrogen (secondary N) is 3. The number of hydrogen-bond donors (Lipinski definition) is 5. The summed E-state index contributed by atoms with van der Waals surface area (Å²) < 4.78 is 0. The average molecular weight is 510 g/mol. The summed E-state index contributed by atoms with van der Waals surface area (Å²) in [5, 5.41) is 28.3. The minimum absolute atomic E-state index is 0.0651. The van der Waals surface area contributed by atoms with Crippen molar-refractivity contribution >= 4 is 23.5 Å². The summed E-state index contributed by atoms with van der Waals surface area (Å²) in [6.45, 7) is 5.73. The predicted octanol–water partition coefficient (Wildman–Crippen LogP) is 1.25. The van der Waals surface area contributed by atoms with E-state index in [1.807, 2.05) is 24.3 Å². The van der Waals surface area contributed by atoms with Gasteiger partial charge in [-0.05, 0) is 29.9 Å². The first-order valence-corrected chi connectivity index (χ1v) is 12.5. The van der Waals surface area contributed by atoms with Gasteiger partial charge in [-0.15, -0.1) is 0 Å². The summed E-state index contributed by atoms with van der Waals surface area (Å²) in [7, 11) is 0. The second kappa shape index (κ2) is 12.1. The maximum atomic E-state index is 13.1. The third-order valence-electron chi connectivity index (χ3n) is 6.22. The molecule has 2 aromatic carbocycles. The highest BCUT2D eigenvalue weighted by atomic mass is 16.3. The summed E-state index contributed by atoms with van der Waals surface area (Å²) in [5.41, 5.74) is 0.349. The number of aliphatic hydroxyl groups excluding tert-OH is 1. The second-order valence-corrected chi connectivity index (χ2v) is 9.97. The first-order valence-electron chi connectivity index (χ1n) is 12.5. The van der Waals surface area contributed by atoms with E-state index >= 15 is 0 Å². The molecule has 2 unspecified atom stereocenters. The zero-order valence-electron chi connectivity index (χ0n) is 21.4. The molecular weight excluding hydrogens is 474 g/mol. The smallest absolute Gasteiger partial charge is 0.261 e. The molecule has 0 bridgehead atoms. The quantitative estimate of drug-likeness (QED) is 0.362. The van der Waals surface area contributed by atoms with Gasteiger partial charge in [0, 0.05) is 23.6 Å². The molecule has 2 atom stereocenters. The van der Waals surface area contributed by atoms with Crippen molar-refractivity contribution in [2.24, 2.45) is 11.8 Å². The van der Waals surface area contributed by atoms with E-state index in [9.17, 15) is 29.4 Å². The molecule has 2 aromatic rings. The van der Waals surface area contributed by atoms with Crippen LogP contribution in [0.3, 0.4) is 0 Å². The Morgan fingerprint density at radius 2 is 1.57 bits per heavy atom. The lowest BCUT2D eigenvalue weighted by Crippen LogP contribution is -2.50. The van der Waals surface area contributed by atoms with Crippen LogP contribution in [0.4, 0.5) is 0 Å². The molecule has 0 saturated carbocycles. The summed E-state index contributed by atoms with van der Waals surface area (Å²) in [6, 6.07) is 13.0. The molecule has 1 aliphatic carbocycles. The second-order valence-electron chi connectivity index (χ2n) is 9.97. The first kappa shape index (κ1) is 28.0. The minimum Gasteiger partial charge on any atom is -0.389 e. The van der Waals surface area contributed by atoms with Crippen molar-refractivity contribution in [1.29, 1.82) is 0 Å². The predicted molar refractivity (Wildman–Crippen MR) is 138 cm³/mol. The van der Waals surface area contributed by atoms with E-state index in [1.54, 1.807) is 24.3 Å². The standard InChI is InChI=1S/C24H25N3O6.C4H10/c28-13-20(29)19(11-14-9-10-25-22(14)31)27-21(30)12-26-23(32)24(33)17-7-3-1-5-15(17)16-6-2-4-8-18(16)24;1-4(2)3/h1-8,14,19,28,33H,9-13H2,(H,25,31)(H,26,32)(H,27,30);4H,1-3H3. The van der Waals surface area contributed by atoms with Crippen LogP contribution in [0.1, 0.15) is 44.7 Å². The molecule has 1 saturated heterocycles. The molecular formula is C28H35N3O6. The van der Waals surface area contributed by atoms with Crippen LogP contribution in [0.25, 0.3) is 11.1 Å². The van der Waals surface area contributed by atoms with Gasteiger partial charge >= 0.3 is 0 Å². The van der Waals surface area contributed by atoms with E-state index in [2.05, 4.69) is 36.7 Å². The maximum absolute atomic E-state index is 13.1. The highest BCUT2D eigenvalue weighted by molar-refractivity contribution is 6.00. The topological polar surface area (TPSA) is 145 Å². The van der Waals surface area contributed by atoms with Crippen LogP contribution in [-0.2, 0) is 24.8 Å². The van der Waals surface area contributed by atoms with Crippen molar-refractivity contribution in [3.63, 3.8) is 0 Å². The van der Waals surface area contributed by atoms with Gasteiger partial charge in [-0.3, -0.25) is 19.2 Å². The molecule has 1 aliphatic heterocycles. The van der Waals surface area contributed by atoms with E-state index in [1.165, 1.54) is 0 Å². The number of fused-ring (bicyclic) bond motifs is 3. The summed E-state index contributed by atoms with van der Waals surface area (Å²) >= 11 is 0. The Labute approximate surface area is 216 Å². The van der Waals surface area contributed by atoms with Gasteiger partial charge in [-0.25, -0.2) is 0 Å². The van der Waals surface area contributed by atoms with Crippen LogP contribution in [0.15, 0.2) is 48.5 Å². The molecule has 1 heterocycles. The number of carbonyl (C=O) groups is 4. The van der Waals surface area contributed by atoms with Gasteiger partial charge in [-0.1, -0.05) is 69.3 Å². The summed E-state index contributed by atoms with van der Waals surface area (Å²) in [4.78, 5) is 49.5. The fourth-order valence-electron chi connectivity index (χ4n) is 4.53. The van der Waals surface area contributed by atoms with Gasteiger partial charge in [0.2, 0.25) is 11.8 Å². The Kier molecular flexibility index (Phi) is 9.18. The molecule has 2 aliphatic rings. The van der Waals surface area contributed by atoms with Gasteiger partial charge in [0.15, 0.2) is 11.4 Å². The number of Topliss-reactive ketones (excluding diaryl/α,β-unsaturated/α-hetero) is 1. The Hall–Kier alpha value is -3.56. The zero-order valence-corrected chi connectivity index (χ0v) is 21.4. The number of hydrogen-bond acceptors (Lipinski definition) is 6. The lowest BCUT2D eigenvalue weighted by molar-refractivity contribution is -0.138. The number of amides is 3. The van der Waals surface area contributed by atoms with Gasteiger partial charge < -0.3 is 26.2 Å². The van der Waals surface area contributed by atoms with Crippen LogP contribution in [0, 0.1) is 11.8 Å². The van der Waals surface area contributed by atoms with E-state index in [0.717, 1.165) is 17.0 Å². The monoisotopic (exact) mass is 509 g/mol. The molecule has 9 nitrogen and oxygen atoms in total. The largest absolute Gasteiger partial charge is 0.389 e. The van der Waals surface area contributed by atoms with Gasteiger partial charge in [0.05, 0.1) is 12.6 Å². The molecule has 198 valence electrons. The fourth-order valence-corrected chi connectivity index (χ4v) is 4.53. The molecule has 1 fully saturated rings. The third kappa shape index (κ3) is 6.23. The molecule has 0 spiro atoms. The SMILES string of the molecule is CC(C)C.O=C(CNC(=O)C1(O)c2ccccc2-c2ccccc21)NC(CC1CCNC1=O)C(=O)CO. The fraction of sp³-hybridized carbons (Fsp3) is 0.429. The Morgan fingerprint density at radius 3 is 2.05 bits per heavy atom. The number of ketones is 1. The maximum Gasteiger partial charge on any atom is 0.261 e. The third-order valence-corrected chi connectivity index (χ3v) is 6.22. The molecule has 3 amide bonds. The van der Waals surface area contributed by atoms with Crippen molar-refractivity contribution < 1.29 is 29.4 Å². The van der Waals surface area contributed by atoms with Crippen LogP contribution < -0.4 is 16.0 Å². The summed E-state index contributed by atoms with van der Waals surface area (Å²) in [5.74, 6) is -1.86. The van der Waals surface area contributed by atoms with Crippen LogP contribution in [-0.4, -0.2) is 59.5 Å². The van der Waals surface area contributed by atoms with Gasteiger partial charge in [-0.2, -0.15) is 0 Å². The van der Waals surface area contributed by atoms with Crippen molar-refractivity contribution in [2.75, 3.05) is 19.7 Å². The van der Waals surface area contributed by atoms with Crippen LogP contribution in [0.5, 0.6) is 0 Å². The number of carbonyl (C=O) groups excluding carboxylic acids is 4. The van der Waals surface area contributed by atoms with E-state index in [-0.39, 0.29) is 12.3 Å². The Balaban J connectivity index is 0.000000886. The number of benzene rings is 2. The number of aliphatic hydroxyl groups is 2. The Morgan fingerprint density at radius 1 is 1.03 bits per heavy atom. The highest BCUT2D eigenvalue weighted by Gasteiger charge is 2.47. The average Bonchev–Trinajstić information content (AvgIpc) is 3.40. The van der Waals surface area contributed by atoms with E-state index in [0.29, 0.717) is 24.1 Å². The first-order chi connectivity index (χ1) is 17.6. The molecule has 4 rings (SSSR count). The molecule has 0 aromatic heterocycles. The van der Waals surface area contributed by atoms with Gasteiger partial charge in [0.25, 0.3) is 5.91 Å². The van der Waals surface area contributed by atoms with Crippen molar-refractivity contribution in [1.82, 2.24) is 16.0 Å². The zero-order chi connectivity index (χ0) is 27.2. The Bertz CT molecular complexity index is 1110. The van der Waals surface area contributed by atoms with E-state index in [4.69, 9.17) is 0 Å². The summed E-state index contributed by atoms with van der Waals surface area (Å²) in [6.07, 6.45) is 0.599. The van der Waals surface area contributed by atoms with Crippen LogP contribution >= 0.6 is 0 Å². The molecule has 37 heavy (non-hydrogen) atoms. The molecule has 9 heteroatoms. The molecule has 0 radical (unpaired) electrons.